The molecule has 2 atom stereocenters. The molecule has 6 nitrogen and oxygen atoms in total. The van der Waals surface area contributed by atoms with Gasteiger partial charge in [0.05, 0.1) is 11.1 Å². The number of aliphatic hydroxyl groups excluding tert-OH is 1. The van der Waals surface area contributed by atoms with Gasteiger partial charge in [-0.05, 0) is 33.3 Å². The molecular formula is C17H22ClFN2O4. The van der Waals surface area contributed by atoms with Crippen LogP contribution in [-0.4, -0.2) is 46.3 Å². The standard InChI is InChI=1S/C17H22ClFN2O4/c1-17(2,3)25-16(24)21-8-7-12(22)14(21)15(23)20-9-10-5-4-6-11(18)13(10)19/h4-6,12,14,22H,7-9H2,1-3H3,(H,20,23). The SMILES string of the molecule is CC(C)(C)OC(=O)N1CCC(O)C1C(=O)NCc1cccc(Cl)c1F. The third-order valence-electron chi connectivity index (χ3n) is 3.75. The summed E-state index contributed by atoms with van der Waals surface area (Å²) in [6, 6.07) is 3.41. The number of likely N-dealkylation sites (tertiary alicyclic amines) is 1. The zero-order valence-electron chi connectivity index (χ0n) is 14.4. The molecule has 1 saturated heterocycles. The second-order valence-corrected chi connectivity index (χ2v) is 7.31. The van der Waals surface area contributed by atoms with Gasteiger partial charge in [-0.25, -0.2) is 9.18 Å². The summed E-state index contributed by atoms with van der Waals surface area (Å²) < 4.78 is 19.1. The van der Waals surface area contributed by atoms with E-state index in [1.54, 1.807) is 26.8 Å². The number of hydrogen-bond donors (Lipinski definition) is 2. The molecule has 1 aliphatic rings. The number of benzene rings is 1. The zero-order chi connectivity index (χ0) is 18.8. The highest BCUT2D eigenvalue weighted by atomic mass is 35.5. The van der Waals surface area contributed by atoms with Crippen LogP contribution in [-0.2, 0) is 16.1 Å². The molecule has 0 bridgehead atoms. The van der Waals surface area contributed by atoms with Gasteiger partial charge < -0.3 is 15.2 Å². The Kier molecular flexibility index (Phi) is 5.90. The van der Waals surface area contributed by atoms with Crippen molar-refractivity contribution in [1.82, 2.24) is 10.2 Å². The van der Waals surface area contributed by atoms with Crippen LogP contribution < -0.4 is 5.32 Å². The van der Waals surface area contributed by atoms with Gasteiger partial charge in [0, 0.05) is 18.7 Å². The van der Waals surface area contributed by atoms with Gasteiger partial charge in [-0.2, -0.15) is 0 Å². The summed E-state index contributed by atoms with van der Waals surface area (Å²) in [5, 5.41) is 12.6. The molecule has 0 aromatic heterocycles. The maximum atomic E-state index is 13.9. The monoisotopic (exact) mass is 372 g/mol. The van der Waals surface area contributed by atoms with E-state index >= 15 is 0 Å². The van der Waals surface area contributed by atoms with Gasteiger partial charge in [0.25, 0.3) is 0 Å². The first kappa shape index (κ1) is 19.5. The average molecular weight is 373 g/mol. The number of halogens is 2. The number of ether oxygens (including phenoxy) is 1. The summed E-state index contributed by atoms with van der Waals surface area (Å²) >= 11 is 5.71. The van der Waals surface area contributed by atoms with Gasteiger partial charge in [-0.3, -0.25) is 9.69 Å². The highest BCUT2D eigenvalue weighted by Gasteiger charge is 2.42. The predicted octanol–water partition coefficient (Wildman–Crippen LogP) is 2.47. The first-order valence-corrected chi connectivity index (χ1v) is 8.36. The number of aliphatic hydroxyl groups is 1. The number of nitrogens with one attached hydrogen (secondary N) is 1. The first-order valence-electron chi connectivity index (χ1n) is 7.98. The summed E-state index contributed by atoms with van der Waals surface area (Å²) in [5.41, 5.74) is -0.493. The molecule has 2 rings (SSSR count). The van der Waals surface area contributed by atoms with Gasteiger partial charge in [-0.15, -0.1) is 0 Å². The van der Waals surface area contributed by atoms with Crippen LogP contribution in [0.3, 0.4) is 0 Å². The van der Waals surface area contributed by atoms with Crippen LogP contribution in [0.4, 0.5) is 9.18 Å². The Morgan fingerprint density at radius 2 is 2.12 bits per heavy atom. The topological polar surface area (TPSA) is 78.9 Å². The molecular weight excluding hydrogens is 351 g/mol. The second kappa shape index (κ2) is 7.58. The Labute approximate surface area is 150 Å². The van der Waals surface area contributed by atoms with Crippen molar-refractivity contribution in [2.45, 2.75) is 51.5 Å². The summed E-state index contributed by atoms with van der Waals surface area (Å²) in [7, 11) is 0. The van der Waals surface area contributed by atoms with Gasteiger partial charge >= 0.3 is 6.09 Å². The lowest BCUT2D eigenvalue weighted by Crippen LogP contribution is -2.51. The lowest BCUT2D eigenvalue weighted by Gasteiger charge is -2.28. The minimum Gasteiger partial charge on any atom is -0.444 e. The second-order valence-electron chi connectivity index (χ2n) is 6.91. The van der Waals surface area contributed by atoms with Crippen LogP contribution in [0.2, 0.25) is 5.02 Å². The zero-order valence-corrected chi connectivity index (χ0v) is 15.1. The Balaban J connectivity index is 2.05. The van der Waals surface area contributed by atoms with Crippen molar-refractivity contribution >= 4 is 23.6 Å². The van der Waals surface area contributed by atoms with E-state index in [9.17, 15) is 19.1 Å². The van der Waals surface area contributed by atoms with Crippen LogP contribution in [0.15, 0.2) is 18.2 Å². The van der Waals surface area contributed by atoms with Crippen LogP contribution in [0, 0.1) is 5.82 Å². The summed E-state index contributed by atoms with van der Waals surface area (Å²) in [6.45, 7) is 5.26. The Morgan fingerprint density at radius 1 is 1.44 bits per heavy atom. The van der Waals surface area contributed by atoms with Gasteiger partial charge in [0.15, 0.2) is 0 Å². The van der Waals surface area contributed by atoms with Crippen LogP contribution >= 0.6 is 11.6 Å². The van der Waals surface area contributed by atoms with Crippen LogP contribution in [0.25, 0.3) is 0 Å². The minimum absolute atomic E-state index is 0.0389. The molecule has 1 aromatic rings. The maximum absolute atomic E-state index is 13.9. The Bertz CT molecular complexity index is 663. The van der Waals surface area contributed by atoms with Gasteiger partial charge in [0.1, 0.15) is 17.5 Å². The quantitative estimate of drug-likeness (QED) is 0.854. The Morgan fingerprint density at radius 3 is 2.76 bits per heavy atom. The fourth-order valence-corrected chi connectivity index (χ4v) is 2.78. The van der Waals surface area contributed by atoms with E-state index < -0.39 is 35.6 Å². The van der Waals surface area contributed by atoms with E-state index in [-0.39, 0.29) is 30.1 Å². The number of amides is 2. The van der Waals surface area contributed by atoms with Crippen LogP contribution in [0.1, 0.15) is 32.8 Å². The minimum atomic E-state index is -1.07. The fraction of sp³-hybridized carbons (Fsp3) is 0.529. The lowest BCUT2D eigenvalue weighted by molar-refractivity contribution is -0.128. The fourth-order valence-electron chi connectivity index (χ4n) is 2.59. The van der Waals surface area contributed by atoms with Crippen molar-refractivity contribution < 1.29 is 23.8 Å². The van der Waals surface area contributed by atoms with E-state index in [1.807, 2.05) is 0 Å². The number of nitrogens with zero attached hydrogens (tertiary/aromatic N) is 1. The van der Waals surface area contributed by atoms with Gasteiger partial charge in [-0.1, -0.05) is 23.7 Å². The largest absolute Gasteiger partial charge is 0.444 e. The molecule has 1 heterocycles. The Hall–Kier alpha value is -1.86. The molecule has 2 N–H and O–H groups in total. The molecule has 138 valence electrons. The number of carbonyl (C=O) groups excluding carboxylic acids is 2. The third kappa shape index (κ3) is 4.83. The van der Waals surface area contributed by atoms with E-state index in [2.05, 4.69) is 5.32 Å². The smallest absolute Gasteiger partial charge is 0.411 e. The van der Waals surface area contributed by atoms with Gasteiger partial charge in [0.2, 0.25) is 5.91 Å². The van der Waals surface area contributed by atoms with Crippen molar-refractivity contribution in [2.75, 3.05) is 6.54 Å². The molecule has 1 fully saturated rings. The summed E-state index contributed by atoms with van der Waals surface area (Å²) in [4.78, 5) is 25.9. The van der Waals surface area contributed by atoms with Crippen molar-refractivity contribution in [3.05, 3.63) is 34.6 Å². The van der Waals surface area contributed by atoms with E-state index in [0.717, 1.165) is 0 Å². The van der Waals surface area contributed by atoms with E-state index in [1.165, 1.54) is 17.0 Å². The third-order valence-corrected chi connectivity index (χ3v) is 4.04. The molecule has 0 aliphatic carbocycles. The maximum Gasteiger partial charge on any atom is 0.411 e. The first-order chi connectivity index (χ1) is 11.6. The summed E-state index contributed by atoms with van der Waals surface area (Å²) in [5.74, 6) is -1.18. The molecule has 2 amide bonds. The highest BCUT2D eigenvalue weighted by molar-refractivity contribution is 6.30. The lowest BCUT2D eigenvalue weighted by atomic mass is 10.1. The molecule has 0 spiro atoms. The predicted molar refractivity (Wildman–Crippen MR) is 90.6 cm³/mol. The van der Waals surface area contributed by atoms with E-state index in [0.29, 0.717) is 0 Å². The van der Waals surface area contributed by atoms with Crippen LogP contribution in [0.5, 0.6) is 0 Å². The number of carbonyl (C=O) groups is 2. The highest BCUT2D eigenvalue weighted by Crippen LogP contribution is 2.22. The average Bonchev–Trinajstić information content (AvgIpc) is 2.89. The molecule has 0 radical (unpaired) electrons. The molecule has 8 heteroatoms. The molecule has 0 saturated carbocycles. The molecule has 2 unspecified atom stereocenters. The normalized spacial score (nSPS) is 20.5. The van der Waals surface area contributed by atoms with Crippen molar-refractivity contribution in [3.63, 3.8) is 0 Å². The number of hydrogen-bond acceptors (Lipinski definition) is 4. The van der Waals surface area contributed by atoms with Crippen molar-refractivity contribution in [3.8, 4) is 0 Å². The number of rotatable bonds is 3. The van der Waals surface area contributed by atoms with Crippen molar-refractivity contribution in [1.29, 1.82) is 0 Å². The van der Waals surface area contributed by atoms with Crippen molar-refractivity contribution in [2.24, 2.45) is 0 Å². The van der Waals surface area contributed by atoms with E-state index in [4.69, 9.17) is 16.3 Å². The molecule has 1 aliphatic heterocycles. The summed E-state index contributed by atoms with van der Waals surface area (Å²) in [6.07, 6.45) is -1.40. The molecule has 1 aromatic carbocycles. The molecule has 25 heavy (non-hydrogen) atoms.